The molecule has 0 aliphatic rings. The topological polar surface area (TPSA) is 41.6 Å². The predicted molar refractivity (Wildman–Crippen MR) is 60.7 cm³/mol. The van der Waals surface area contributed by atoms with E-state index < -0.39 is 0 Å². The number of nitriles is 1. The van der Waals surface area contributed by atoms with Crippen LogP contribution in [0.25, 0.3) is 5.69 Å². The molecule has 0 saturated carbocycles. The summed E-state index contributed by atoms with van der Waals surface area (Å²) in [6.45, 7) is 1.94. The second-order valence-electron chi connectivity index (χ2n) is 3.18. The summed E-state index contributed by atoms with van der Waals surface area (Å²) in [6.07, 6.45) is 1.89. The predicted octanol–water partition coefficient (Wildman–Crippen LogP) is 2.81. The Labute approximate surface area is 96.1 Å². The maximum absolute atomic E-state index is 8.73. The average molecular weight is 262 g/mol. The fourth-order valence-electron chi connectivity index (χ4n) is 1.31. The highest BCUT2D eigenvalue weighted by Crippen LogP contribution is 2.21. The lowest BCUT2D eigenvalue weighted by Gasteiger charge is -2.04. The van der Waals surface area contributed by atoms with Gasteiger partial charge in [0.05, 0.1) is 23.0 Å². The first kappa shape index (κ1) is 9.94. The number of rotatable bonds is 1. The molecule has 0 saturated heterocycles. The van der Waals surface area contributed by atoms with Crippen molar-refractivity contribution in [1.82, 2.24) is 9.78 Å². The van der Waals surface area contributed by atoms with Gasteiger partial charge < -0.3 is 0 Å². The number of hydrogen-bond acceptors (Lipinski definition) is 2. The molecule has 2 rings (SSSR count). The summed E-state index contributed by atoms with van der Waals surface area (Å²) in [7, 11) is 0. The monoisotopic (exact) mass is 261 g/mol. The SMILES string of the molecule is Cc1ccn(-c2ccc(C#N)cc2Br)n1. The maximum Gasteiger partial charge on any atom is 0.0992 e. The third-order valence-electron chi connectivity index (χ3n) is 2.05. The van der Waals surface area contributed by atoms with E-state index in [1.165, 1.54) is 0 Å². The Hall–Kier alpha value is -1.60. The van der Waals surface area contributed by atoms with Crippen LogP contribution in [0.2, 0.25) is 0 Å². The average Bonchev–Trinajstić information content (AvgIpc) is 2.64. The van der Waals surface area contributed by atoms with Crippen LogP contribution in [0.15, 0.2) is 34.9 Å². The first-order chi connectivity index (χ1) is 7.20. The molecule has 3 nitrogen and oxygen atoms in total. The molecule has 0 radical (unpaired) electrons. The van der Waals surface area contributed by atoms with Crippen LogP contribution in [-0.4, -0.2) is 9.78 Å². The van der Waals surface area contributed by atoms with Crippen LogP contribution in [0.1, 0.15) is 11.3 Å². The van der Waals surface area contributed by atoms with Gasteiger partial charge in [-0.25, -0.2) is 4.68 Å². The van der Waals surface area contributed by atoms with Crippen LogP contribution in [0.4, 0.5) is 0 Å². The van der Waals surface area contributed by atoms with E-state index in [9.17, 15) is 0 Å². The fourth-order valence-corrected chi connectivity index (χ4v) is 1.87. The van der Waals surface area contributed by atoms with Crippen molar-refractivity contribution >= 4 is 15.9 Å². The minimum absolute atomic E-state index is 0.634. The number of aryl methyl sites for hydroxylation is 1. The molecular weight excluding hydrogens is 254 g/mol. The van der Waals surface area contributed by atoms with Crippen molar-refractivity contribution in [3.8, 4) is 11.8 Å². The first-order valence-corrected chi connectivity index (χ1v) is 5.22. The molecule has 0 amide bonds. The highest BCUT2D eigenvalue weighted by molar-refractivity contribution is 9.10. The van der Waals surface area contributed by atoms with Crippen LogP contribution in [-0.2, 0) is 0 Å². The lowest BCUT2D eigenvalue weighted by atomic mass is 10.2. The molecule has 0 fully saturated rings. The van der Waals surface area contributed by atoms with E-state index in [-0.39, 0.29) is 0 Å². The van der Waals surface area contributed by atoms with E-state index >= 15 is 0 Å². The summed E-state index contributed by atoms with van der Waals surface area (Å²) in [6, 6.07) is 9.46. The Morgan fingerprint density at radius 3 is 2.73 bits per heavy atom. The molecule has 0 atom stereocenters. The van der Waals surface area contributed by atoms with E-state index in [0.717, 1.165) is 15.9 Å². The number of benzene rings is 1. The third kappa shape index (κ3) is 1.92. The number of hydrogen-bond donors (Lipinski definition) is 0. The van der Waals surface area contributed by atoms with Gasteiger partial charge in [-0.15, -0.1) is 0 Å². The Morgan fingerprint density at radius 1 is 1.40 bits per heavy atom. The minimum atomic E-state index is 0.634. The van der Waals surface area contributed by atoms with E-state index in [0.29, 0.717) is 5.56 Å². The quantitative estimate of drug-likeness (QED) is 0.792. The standard InChI is InChI=1S/C11H8BrN3/c1-8-4-5-15(14-8)11-3-2-9(7-13)6-10(11)12/h2-6H,1H3. The maximum atomic E-state index is 8.73. The molecule has 0 spiro atoms. The van der Waals surface area contributed by atoms with Gasteiger partial charge in [-0.05, 0) is 47.1 Å². The van der Waals surface area contributed by atoms with Crippen LogP contribution < -0.4 is 0 Å². The molecule has 2 aromatic rings. The molecule has 15 heavy (non-hydrogen) atoms. The van der Waals surface area contributed by atoms with E-state index in [4.69, 9.17) is 5.26 Å². The Balaban J connectivity index is 2.51. The highest BCUT2D eigenvalue weighted by atomic mass is 79.9. The van der Waals surface area contributed by atoms with Crippen molar-refractivity contribution in [2.24, 2.45) is 0 Å². The number of halogens is 1. The second kappa shape index (κ2) is 3.87. The molecule has 0 aliphatic carbocycles. The first-order valence-electron chi connectivity index (χ1n) is 4.43. The molecule has 0 bridgehead atoms. The van der Waals surface area contributed by atoms with Crippen molar-refractivity contribution in [1.29, 1.82) is 5.26 Å². The summed E-state index contributed by atoms with van der Waals surface area (Å²) >= 11 is 3.42. The fraction of sp³-hybridized carbons (Fsp3) is 0.0909. The molecule has 0 aliphatic heterocycles. The van der Waals surface area contributed by atoms with Gasteiger partial charge in [-0.1, -0.05) is 0 Å². The van der Waals surface area contributed by atoms with Crippen molar-refractivity contribution < 1.29 is 0 Å². The van der Waals surface area contributed by atoms with Gasteiger partial charge in [0.2, 0.25) is 0 Å². The Kier molecular flexibility index (Phi) is 2.57. The van der Waals surface area contributed by atoms with Gasteiger partial charge in [0.15, 0.2) is 0 Å². The summed E-state index contributed by atoms with van der Waals surface area (Å²) in [5.41, 5.74) is 2.53. The normalized spacial score (nSPS) is 9.93. The van der Waals surface area contributed by atoms with Crippen molar-refractivity contribution in [3.63, 3.8) is 0 Å². The zero-order valence-electron chi connectivity index (χ0n) is 8.11. The highest BCUT2D eigenvalue weighted by Gasteiger charge is 2.04. The van der Waals surface area contributed by atoms with Crippen molar-refractivity contribution in [2.75, 3.05) is 0 Å². The summed E-state index contributed by atoms with van der Waals surface area (Å²) < 4.78 is 2.64. The second-order valence-corrected chi connectivity index (χ2v) is 4.03. The molecule has 0 N–H and O–H groups in total. The molecule has 74 valence electrons. The molecule has 1 aromatic heterocycles. The third-order valence-corrected chi connectivity index (χ3v) is 2.68. The van der Waals surface area contributed by atoms with Gasteiger partial charge in [-0.3, -0.25) is 0 Å². The summed E-state index contributed by atoms with van der Waals surface area (Å²) in [5.74, 6) is 0. The van der Waals surface area contributed by atoms with Gasteiger partial charge in [0.1, 0.15) is 0 Å². The van der Waals surface area contributed by atoms with E-state index in [1.807, 2.05) is 25.3 Å². The lowest BCUT2D eigenvalue weighted by Crippen LogP contribution is -1.96. The van der Waals surface area contributed by atoms with Crippen LogP contribution in [0.3, 0.4) is 0 Å². The largest absolute Gasteiger partial charge is 0.240 e. The van der Waals surface area contributed by atoms with Crippen LogP contribution >= 0.6 is 15.9 Å². The van der Waals surface area contributed by atoms with Crippen LogP contribution in [0.5, 0.6) is 0 Å². The van der Waals surface area contributed by atoms with Gasteiger partial charge in [0.25, 0.3) is 0 Å². The Bertz CT molecular complexity index is 537. The van der Waals surface area contributed by atoms with Crippen molar-refractivity contribution in [2.45, 2.75) is 6.92 Å². The van der Waals surface area contributed by atoms with Crippen LogP contribution in [0, 0.1) is 18.3 Å². The van der Waals surface area contributed by atoms with Crippen molar-refractivity contribution in [3.05, 3.63) is 46.2 Å². The molecular formula is C11H8BrN3. The van der Waals surface area contributed by atoms with E-state index in [2.05, 4.69) is 27.1 Å². The molecule has 1 aromatic carbocycles. The Morgan fingerprint density at radius 2 is 2.20 bits per heavy atom. The smallest absolute Gasteiger partial charge is 0.0992 e. The zero-order valence-corrected chi connectivity index (χ0v) is 9.69. The van der Waals surface area contributed by atoms with E-state index in [1.54, 1.807) is 16.8 Å². The summed E-state index contributed by atoms with van der Waals surface area (Å²) in [5, 5.41) is 13.0. The molecule has 1 heterocycles. The number of nitrogens with zero attached hydrogens (tertiary/aromatic N) is 3. The zero-order chi connectivity index (χ0) is 10.8. The van der Waals surface area contributed by atoms with Gasteiger partial charge in [0, 0.05) is 10.7 Å². The minimum Gasteiger partial charge on any atom is -0.240 e. The molecule has 0 unspecified atom stereocenters. The molecule has 4 heteroatoms. The number of aromatic nitrogens is 2. The lowest BCUT2D eigenvalue weighted by molar-refractivity contribution is 0.858. The summed E-state index contributed by atoms with van der Waals surface area (Å²) in [4.78, 5) is 0. The van der Waals surface area contributed by atoms with Gasteiger partial charge >= 0.3 is 0 Å². The van der Waals surface area contributed by atoms with Gasteiger partial charge in [-0.2, -0.15) is 10.4 Å².